The molecule has 1 amide bonds. The van der Waals surface area contributed by atoms with Gasteiger partial charge in [0.05, 0.1) is 17.3 Å². The number of halogens is 2. The Morgan fingerprint density at radius 3 is 3.05 bits per heavy atom. The van der Waals surface area contributed by atoms with Crippen molar-refractivity contribution >= 4 is 29.1 Å². The fraction of sp³-hybridized carbons (Fsp3) is 0.308. The molecule has 100 valence electrons. The Morgan fingerprint density at radius 2 is 2.32 bits per heavy atom. The third-order valence-corrected chi connectivity index (χ3v) is 4.02. The van der Waals surface area contributed by atoms with Crippen LogP contribution in [0.1, 0.15) is 40.7 Å². The van der Waals surface area contributed by atoms with E-state index in [1.807, 2.05) is 6.07 Å². The lowest BCUT2D eigenvalue weighted by Crippen LogP contribution is -2.30. The van der Waals surface area contributed by atoms with Crippen molar-refractivity contribution in [2.75, 3.05) is 0 Å². The van der Waals surface area contributed by atoms with Gasteiger partial charge in [-0.3, -0.25) is 4.79 Å². The minimum atomic E-state index is -0.215. The Kier molecular flexibility index (Phi) is 3.29. The van der Waals surface area contributed by atoms with Gasteiger partial charge in [-0.25, -0.2) is 0 Å². The zero-order valence-corrected chi connectivity index (χ0v) is 11.5. The van der Waals surface area contributed by atoms with E-state index in [2.05, 4.69) is 10.3 Å². The highest BCUT2D eigenvalue weighted by molar-refractivity contribution is 6.41. The number of amides is 1. The molecule has 1 unspecified atom stereocenters. The summed E-state index contributed by atoms with van der Waals surface area (Å²) in [6.45, 7) is 0. The molecule has 0 aromatic carbocycles. The van der Waals surface area contributed by atoms with Gasteiger partial charge in [-0.15, -0.1) is 0 Å². The SMILES string of the molecule is O=C(NC1CCCc2occc21)c1cc(Cl)c(Cl)[nH]1. The van der Waals surface area contributed by atoms with E-state index in [0.717, 1.165) is 30.6 Å². The van der Waals surface area contributed by atoms with Crippen molar-refractivity contribution in [1.82, 2.24) is 10.3 Å². The monoisotopic (exact) mass is 298 g/mol. The maximum atomic E-state index is 12.1. The Hall–Kier alpha value is -1.39. The molecular weight excluding hydrogens is 287 g/mol. The number of aryl methyl sites for hydroxylation is 1. The lowest BCUT2D eigenvalue weighted by molar-refractivity contribution is 0.0928. The number of carbonyl (C=O) groups excluding carboxylic acids is 1. The van der Waals surface area contributed by atoms with E-state index in [0.29, 0.717) is 10.7 Å². The van der Waals surface area contributed by atoms with E-state index in [1.54, 1.807) is 6.26 Å². The number of aromatic nitrogens is 1. The minimum absolute atomic E-state index is 0.0177. The number of carbonyl (C=O) groups is 1. The van der Waals surface area contributed by atoms with Crippen LogP contribution >= 0.6 is 23.2 Å². The number of hydrogen-bond acceptors (Lipinski definition) is 2. The molecular formula is C13H12Cl2N2O2. The molecule has 1 aliphatic carbocycles. The topological polar surface area (TPSA) is 58.0 Å². The van der Waals surface area contributed by atoms with E-state index in [1.165, 1.54) is 6.07 Å². The summed E-state index contributed by atoms with van der Waals surface area (Å²) >= 11 is 11.6. The first-order valence-corrected chi connectivity index (χ1v) is 6.82. The summed E-state index contributed by atoms with van der Waals surface area (Å²) in [7, 11) is 0. The van der Waals surface area contributed by atoms with E-state index >= 15 is 0 Å². The second-order valence-electron chi connectivity index (χ2n) is 4.56. The highest BCUT2D eigenvalue weighted by Crippen LogP contribution is 2.31. The van der Waals surface area contributed by atoms with Crippen LogP contribution in [0, 0.1) is 0 Å². The van der Waals surface area contributed by atoms with Gasteiger partial charge in [0.2, 0.25) is 0 Å². The molecule has 6 heteroatoms. The average Bonchev–Trinajstić information content (AvgIpc) is 2.98. The van der Waals surface area contributed by atoms with Gasteiger partial charge in [-0.2, -0.15) is 0 Å². The second-order valence-corrected chi connectivity index (χ2v) is 5.35. The van der Waals surface area contributed by atoms with Crippen LogP contribution in [0.25, 0.3) is 0 Å². The molecule has 1 atom stereocenters. The largest absolute Gasteiger partial charge is 0.469 e. The fourth-order valence-corrected chi connectivity index (χ4v) is 2.71. The van der Waals surface area contributed by atoms with Crippen LogP contribution in [-0.2, 0) is 6.42 Å². The summed E-state index contributed by atoms with van der Waals surface area (Å²) in [6.07, 6.45) is 4.49. The van der Waals surface area contributed by atoms with Gasteiger partial charge >= 0.3 is 0 Å². The number of fused-ring (bicyclic) bond motifs is 1. The van der Waals surface area contributed by atoms with Gasteiger partial charge in [0.1, 0.15) is 16.6 Å². The Bertz CT molecular complexity index is 598. The van der Waals surface area contributed by atoms with Crippen molar-refractivity contribution in [3.63, 3.8) is 0 Å². The van der Waals surface area contributed by atoms with E-state index in [4.69, 9.17) is 27.6 Å². The fourth-order valence-electron chi connectivity index (χ4n) is 2.40. The van der Waals surface area contributed by atoms with Gasteiger partial charge in [0.15, 0.2) is 0 Å². The molecule has 2 aromatic rings. The predicted molar refractivity (Wildman–Crippen MR) is 72.7 cm³/mol. The Labute approximate surface area is 120 Å². The number of furan rings is 1. The molecule has 0 saturated heterocycles. The minimum Gasteiger partial charge on any atom is -0.469 e. The molecule has 4 nitrogen and oxygen atoms in total. The molecule has 19 heavy (non-hydrogen) atoms. The van der Waals surface area contributed by atoms with Crippen molar-refractivity contribution in [3.8, 4) is 0 Å². The molecule has 2 heterocycles. The number of rotatable bonds is 2. The quantitative estimate of drug-likeness (QED) is 0.888. The molecule has 0 fully saturated rings. The number of H-pyrrole nitrogens is 1. The van der Waals surface area contributed by atoms with Crippen molar-refractivity contribution in [2.45, 2.75) is 25.3 Å². The second kappa shape index (κ2) is 4.94. The van der Waals surface area contributed by atoms with Crippen molar-refractivity contribution in [2.24, 2.45) is 0 Å². The van der Waals surface area contributed by atoms with E-state index in [9.17, 15) is 4.79 Å². The zero-order valence-electron chi connectivity index (χ0n) is 10.0. The Morgan fingerprint density at radius 1 is 1.47 bits per heavy atom. The summed E-state index contributed by atoms with van der Waals surface area (Å²) < 4.78 is 5.40. The van der Waals surface area contributed by atoms with Crippen LogP contribution in [0.2, 0.25) is 10.2 Å². The van der Waals surface area contributed by atoms with Crippen LogP contribution in [0.4, 0.5) is 0 Å². The van der Waals surface area contributed by atoms with E-state index < -0.39 is 0 Å². The highest BCUT2D eigenvalue weighted by atomic mass is 35.5. The van der Waals surface area contributed by atoms with Crippen molar-refractivity contribution in [1.29, 1.82) is 0 Å². The molecule has 1 aliphatic rings. The molecule has 0 aliphatic heterocycles. The van der Waals surface area contributed by atoms with Gasteiger partial charge in [-0.1, -0.05) is 23.2 Å². The van der Waals surface area contributed by atoms with Crippen LogP contribution in [0.15, 0.2) is 22.8 Å². The first-order chi connectivity index (χ1) is 9.15. The molecule has 3 rings (SSSR count). The maximum Gasteiger partial charge on any atom is 0.268 e. The molecule has 0 radical (unpaired) electrons. The molecule has 0 spiro atoms. The standard InChI is InChI=1S/C13H12Cl2N2O2/c14-8-6-10(16-12(8)15)13(18)17-9-2-1-3-11-7(9)4-5-19-11/h4-6,9,16H,1-3H2,(H,17,18). The molecule has 0 saturated carbocycles. The number of hydrogen-bond donors (Lipinski definition) is 2. The highest BCUT2D eigenvalue weighted by Gasteiger charge is 2.25. The average molecular weight is 299 g/mol. The first kappa shape index (κ1) is 12.6. The van der Waals surface area contributed by atoms with Gasteiger partial charge in [-0.05, 0) is 25.0 Å². The zero-order chi connectivity index (χ0) is 13.4. The van der Waals surface area contributed by atoms with Crippen LogP contribution < -0.4 is 5.32 Å². The normalized spacial score (nSPS) is 18.1. The van der Waals surface area contributed by atoms with Crippen LogP contribution in [0.3, 0.4) is 0 Å². The lowest BCUT2D eigenvalue weighted by atomic mass is 9.93. The van der Waals surface area contributed by atoms with Gasteiger partial charge in [0, 0.05) is 12.0 Å². The van der Waals surface area contributed by atoms with Crippen LogP contribution in [-0.4, -0.2) is 10.9 Å². The summed E-state index contributed by atoms with van der Waals surface area (Å²) in [5, 5.41) is 3.59. The summed E-state index contributed by atoms with van der Waals surface area (Å²) in [6, 6.07) is 3.42. The Balaban J connectivity index is 1.78. The third-order valence-electron chi connectivity index (χ3n) is 3.33. The van der Waals surface area contributed by atoms with E-state index in [-0.39, 0.29) is 17.1 Å². The molecule has 2 aromatic heterocycles. The number of nitrogens with one attached hydrogen (secondary N) is 2. The van der Waals surface area contributed by atoms with Crippen molar-refractivity contribution < 1.29 is 9.21 Å². The van der Waals surface area contributed by atoms with Crippen LogP contribution in [0.5, 0.6) is 0 Å². The smallest absolute Gasteiger partial charge is 0.268 e. The third kappa shape index (κ3) is 2.38. The molecule has 2 N–H and O–H groups in total. The van der Waals surface area contributed by atoms with Gasteiger partial charge in [0.25, 0.3) is 5.91 Å². The lowest BCUT2D eigenvalue weighted by Gasteiger charge is -2.22. The maximum absolute atomic E-state index is 12.1. The van der Waals surface area contributed by atoms with Gasteiger partial charge < -0.3 is 14.7 Å². The molecule has 0 bridgehead atoms. The summed E-state index contributed by atoms with van der Waals surface area (Å²) in [4.78, 5) is 14.9. The summed E-state index contributed by atoms with van der Waals surface area (Å²) in [5.74, 6) is 0.743. The predicted octanol–water partition coefficient (Wildman–Crippen LogP) is 3.72. The first-order valence-electron chi connectivity index (χ1n) is 6.06. The van der Waals surface area contributed by atoms with Crippen molar-refractivity contribution in [3.05, 3.63) is 45.6 Å². The number of aromatic amines is 1. The summed E-state index contributed by atoms with van der Waals surface area (Å²) in [5.41, 5.74) is 1.42.